The highest BCUT2D eigenvalue weighted by Gasteiger charge is 2.29. The standard InChI is InChI=1S/C22H21ClN2O3S/c1-2-27-16-9-7-15(8-10-16)17-13-21(26)25-22(18(17)14-24)29-12-11-28-20-6-4-3-5-19(20)23/h3-10,17H,2,11-13H2,1H3,(H,25,26)/t17-/m1/s1. The topological polar surface area (TPSA) is 71.3 Å². The molecule has 1 amide bonds. The summed E-state index contributed by atoms with van der Waals surface area (Å²) in [5.41, 5.74) is 1.49. The highest BCUT2D eigenvalue weighted by Crippen LogP contribution is 2.36. The number of nitrogens with zero attached hydrogens (tertiary/aromatic N) is 1. The zero-order chi connectivity index (χ0) is 20.6. The van der Waals surface area contributed by atoms with Crippen LogP contribution in [0, 0.1) is 11.3 Å². The van der Waals surface area contributed by atoms with Crippen molar-refractivity contribution in [3.05, 3.63) is 69.7 Å². The van der Waals surface area contributed by atoms with E-state index in [2.05, 4.69) is 11.4 Å². The second kappa shape index (κ2) is 10.2. The summed E-state index contributed by atoms with van der Waals surface area (Å²) in [5, 5.41) is 13.7. The van der Waals surface area contributed by atoms with Crippen LogP contribution in [-0.4, -0.2) is 24.9 Å². The fourth-order valence-electron chi connectivity index (χ4n) is 3.04. The van der Waals surface area contributed by atoms with Crippen molar-refractivity contribution >= 4 is 29.3 Å². The van der Waals surface area contributed by atoms with E-state index in [1.807, 2.05) is 43.3 Å². The molecular weight excluding hydrogens is 408 g/mol. The van der Waals surface area contributed by atoms with E-state index in [1.165, 1.54) is 11.8 Å². The molecule has 2 aromatic carbocycles. The highest BCUT2D eigenvalue weighted by atomic mass is 35.5. The van der Waals surface area contributed by atoms with Gasteiger partial charge < -0.3 is 14.8 Å². The van der Waals surface area contributed by atoms with Crippen LogP contribution in [0.4, 0.5) is 0 Å². The Morgan fingerprint density at radius 1 is 1.21 bits per heavy atom. The number of ether oxygens (including phenoxy) is 2. The van der Waals surface area contributed by atoms with Gasteiger partial charge in [0, 0.05) is 18.1 Å². The number of hydrogen-bond acceptors (Lipinski definition) is 5. The molecule has 0 saturated carbocycles. The largest absolute Gasteiger partial charge is 0.494 e. The third-order valence-electron chi connectivity index (χ3n) is 4.37. The van der Waals surface area contributed by atoms with Gasteiger partial charge in [-0.15, -0.1) is 11.8 Å². The fraction of sp³-hybridized carbons (Fsp3) is 0.273. The second-order valence-electron chi connectivity index (χ2n) is 6.29. The number of nitrogens with one attached hydrogen (secondary N) is 1. The molecule has 1 aliphatic rings. The molecule has 0 radical (unpaired) electrons. The van der Waals surface area contributed by atoms with Gasteiger partial charge in [0.05, 0.1) is 34.9 Å². The summed E-state index contributed by atoms with van der Waals surface area (Å²) in [5.74, 6) is 1.59. The molecule has 0 fully saturated rings. The summed E-state index contributed by atoms with van der Waals surface area (Å²) >= 11 is 7.49. The third-order valence-corrected chi connectivity index (χ3v) is 5.67. The average molecular weight is 429 g/mol. The Balaban J connectivity index is 1.69. The molecule has 0 aliphatic carbocycles. The Kier molecular flexibility index (Phi) is 7.45. The van der Waals surface area contributed by atoms with Gasteiger partial charge in [-0.2, -0.15) is 5.26 Å². The Morgan fingerprint density at radius 3 is 2.66 bits per heavy atom. The van der Waals surface area contributed by atoms with Crippen molar-refractivity contribution in [3.63, 3.8) is 0 Å². The Hall–Kier alpha value is -2.62. The van der Waals surface area contributed by atoms with Crippen molar-refractivity contribution in [2.75, 3.05) is 19.0 Å². The first-order chi connectivity index (χ1) is 14.1. The summed E-state index contributed by atoms with van der Waals surface area (Å²) < 4.78 is 11.2. The molecule has 1 N–H and O–H groups in total. The van der Waals surface area contributed by atoms with Gasteiger partial charge in [-0.05, 0) is 36.8 Å². The maximum Gasteiger partial charge on any atom is 0.225 e. The van der Waals surface area contributed by atoms with Gasteiger partial charge in [0.1, 0.15) is 11.5 Å². The van der Waals surface area contributed by atoms with Crippen LogP contribution in [0.3, 0.4) is 0 Å². The lowest BCUT2D eigenvalue weighted by Gasteiger charge is -2.25. The lowest BCUT2D eigenvalue weighted by Crippen LogP contribution is -2.31. The summed E-state index contributed by atoms with van der Waals surface area (Å²) in [6.07, 6.45) is 0.247. The molecule has 0 spiro atoms. The van der Waals surface area contributed by atoms with Crippen LogP contribution in [0.25, 0.3) is 0 Å². The van der Waals surface area contributed by atoms with Crippen LogP contribution in [0.2, 0.25) is 5.02 Å². The molecule has 0 bridgehead atoms. The van der Waals surface area contributed by atoms with Gasteiger partial charge in [-0.3, -0.25) is 4.79 Å². The molecule has 2 aromatic rings. The number of carbonyl (C=O) groups is 1. The SMILES string of the molecule is CCOc1ccc([C@H]2CC(=O)NC(SCCOc3ccccc3Cl)=C2C#N)cc1. The molecule has 3 rings (SSSR count). The van der Waals surface area contributed by atoms with E-state index in [4.69, 9.17) is 21.1 Å². The zero-order valence-electron chi connectivity index (χ0n) is 16.0. The lowest BCUT2D eigenvalue weighted by atomic mass is 9.87. The molecule has 7 heteroatoms. The Labute approximate surface area is 179 Å². The van der Waals surface area contributed by atoms with Crippen LogP contribution >= 0.6 is 23.4 Å². The van der Waals surface area contributed by atoms with Crippen LogP contribution in [0.5, 0.6) is 11.5 Å². The van der Waals surface area contributed by atoms with E-state index in [9.17, 15) is 10.1 Å². The number of amides is 1. The number of rotatable bonds is 8. The molecule has 0 unspecified atom stereocenters. The fourth-order valence-corrected chi connectivity index (χ4v) is 4.13. The van der Waals surface area contributed by atoms with E-state index in [0.29, 0.717) is 40.3 Å². The molecule has 150 valence electrons. The predicted molar refractivity (Wildman–Crippen MR) is 115 cm³/mol. The Bertz CT molecular complexity index is 938. The Morgan fingerprint density at radius 2 is 1.97 bits per heavy atom. The van der Waals surface area contributed by atoms with E-state index < -0.39 is 0 Å². The normalized spacial score (nSPS) is 16.2. The molecule has 1 atom stereocenters. The smallest absolute Gasteiger partial charge is 0.225 e. The molecule has 1 aliphatic heterocycles. The van der Waals surface area contributed by atoms with Crippen molar-refractivity contribution in [1.82, 2.24) is 5.32 Å². The molecule has 0 saturated heterocycles. The molecular formula is C22H21ClN2O3S. The van der Waals surface area contributed by atoms with Crippen molar-refractivity contribution < 1.29 is 14.3 Å². The summed E-state index contributed by atoms with van der Waals surface area (Å²) in [4.78, 5) is 12.2. The maximum absolute atomic E-state index is 12.2. The number of allylic oxidation sites excluding steroid dienone is 1. The molecule has 29 heavy (non-hydrogen) atoms. The minimum Gasteiger partial charge on any atom is -0.494 e. The monoisotopic (exact) mass is 428 g/mol. The zero-order valence-corrected chi connectivity index (χ0v) is 17.6. The lowest BCUT2D eigenvalue weighted by molar-refractivity contribution is -0.120. The first-order valence-corrected chi connectivity index (χ1v) is 10.7. The first kappa shape index (κ1) is 21.1. The number of carbonyl (C=O) groups excluding carboxylic acids is 1. The van der Waals surface area contributed by atoms with Crippen molar-refractivity contribution in [3.8, 4) is 17.6 Å². The van der Waals surface area contributed by atoms with Gasteiger partial charge in [0.25, 0.3) is 0 Å². The predicted octanol–water partition coefficient (Wildman–Crippen LogP) is 4.89. The third kappa shape index (κ3) is 5.47. The van der Waals surface area contributed by atoms with Gasteiger partial charge in [-0.25, -0.2) is 0 Å². The first-order valence-electron chi connectivity index (χ1n) is 9.29. The highest BCUT2D eigenvalue weighted by molar-refractivity contribution is 8.03. The quantitative estimate of drug-likeness (QED) is 0.606. The molecule has 0 aromatic heterocycles. The van der Waals surface area contributed by atoms with Gasteiger partial charge >= 0.3 is 0 Å². The van der Waals surface area contributed by atoms with Crippen LogP contribution in [-0.2, 0) is 4.79 Å². The number of benzene rings is 2. The van der Waals surface area contributed by atoms with Crippen molar-refractivity contribution in [2.24, 2.45) is 0 Å². The van der Waals surface area contributed by atoms with Gasteiger partial charge in [0.15, 0.2) is 0 Å². The van der Waals surface area contributed by atoms with Crippen LogP contribution in [0.1, 0.15) is 24.8 Å². The minimum atomic E-state index is -0.267. The summed E-state index contributed by atoms with van der Waals surface area (Å²) in [6.45, 7) is 2.92. The maximum atomic E-state index is 12.2. The number of nitriles is 1. The minimum absolute atomic E-state index is 0.0996. The van der Waals surface area contributed by atoms with E-state index in [-0.39, 0.29) is 18.2 Å². The van der Waals surface area contributed by atoms with Gasteiger partial charge in [0.2, 0.25) is 5.91 Å². The number of thioether (sulfide) groups is 1. The average Bonchev–Trinajstić information content (AvgIpc) is 2.73. The van der Waals surface area contributed by atoms with E-state index in [1.54, 1.807) is 12.1 Å². The van der Waals surface area contributed by atoms with Crippen LogP contribution in [0.15, 0.2) is 59.1 Å². The number of halogens is 1. The molecule has 5 nitrogen and oxygen atoms in total. The molecule has 1 heterocycles. The van der Waals surface area contributed by atoms with E-state index >= 15 is 0 Å². The van der Waals surface area contributed by atoms with Crippen molar-refractivity contribution in [2.45, 2.75) is 19.3 Å². The van der Waals surface area contributed by atoms with Gasteiger partial charge in [-0.1, -0.05) is 35.9 Å². The summed E-state index contributed by atoms with van der Waals surface area (Å²) in [7, 11) is 0. The second-order valence-corrected chi connectivity index (χ2v) is 7.80. The number of para-hydroxylation sites is 1. The van der Waals surface area contributed by atoms with Crippen molar-refractivity contribution in [1.29, 1.82) is 5.26 Å². The van der Waals surface area contributed by atoms with Crippen LogP contribution < -0.4 is 14.8 Å². The number of hydrogen-bond donors (Lipinski definition) is 1. The van der Waals surface area contributed by atoms with E-state index in [0.717, 1.165) is 11.3 Å². The summed E-state index contributed by atoms with van der Waals surface area (Å²) in [6, 6.07) is 17.1.